The molecule has 0 bridgehead atoms. The van der Waals surface area contributed by atoms with Crippen molar-refractivity contribution >= 4 is 12.0 Å². The monoisotopic (exact) mass is 144 g/mol. The molecule has 0 spiro atoms. The number of nitrogens with one attached hydrogen (secondary N) is 1. The first-order chi connectivity index (χ1) is 4.54. The van der Waals surface area contributed by atoms with Crippen molar-refractivity contribution in [2.24, 2.45) is 5.73 Å². The van der Waals surface area contributed by atoms with Gasteiger partial charge in [0, 0.05) is 0 Å². The van der Waals surface area contributed by atoms with Gasteiger partial charge in [-0.3, -0.25) is 4.79 Å². The summed E-state index contributed by atoms with van der Waals surface area (Å²) >= 11 is 0. The number of primary amides is 1. The van der Waals surface area contributed by atoms with E-state index in [0.29, 0.717) is 0 Å². The molecule has 5 heteroatoms. The van der Waals surface area contributed by atoms with Gasteiger partial charge in [0.2, 0.25) is 5.91 Å². The lowest BCUT2D eigenvalue weighted by molar-refractivity contribution is -0.123. The largest absolute Gasteiger partial charge is 0.446 e. The minimum absolute atomic E-state index is 0.0150. The van der Waals surface area contributed by atoms with Crippen molar-refractivity contribution in [2.45, 2.75) is 12.5 Å². The van der Waals surface area contributed by atoms with Crippen LogP contribution in [0.2, 0.25) is 0 Å². The molecule has 3 N–H and O–H groups in total. The number of rotatable bonds is 1. The highest BCUT2D eigenvalue weighted by atomic mass is 16.6. The van der Waals surface area contributed by atoms with Crippen LogP contribution in [0, 0.1) is 0 Å². The molecule has 10 heavy (non-hydrogen) atoms. The van der Waals surface area contributed by atoms with Crippen LogP contribution >= 0.6 is 0 Å². The van der Waals surface area contributed by atoms with E-state index in [1.165, 1.54) is 6.92 Å². The van der Waals surface area contributed by atoms with Gasteiger partial charge in [-0.25, -0.2) is 4.79 Å². The second kappa shape index (κ2) is 1.86. The molecule has 1 aliphatic heterocycles. The standard InChI is InChI=1S/C5H8N2O3/c1-5(3(6)8)2-10-4(9)7-5/h2H2,1H3,(H2,6,8)(H,7,9). The maximum atomic E-state index is 10.6. The molecule has 56 valence electrons. The van der Waals surface area contributed by atoms with Crippen LogP contribution < -0.4 is 11.1 Å². The zero-order valence-corrected chi connectivity index (χ0v) is 5.51. The number of ether oxygens (including phenoxy) is 1. The Morgan fingerprint density at radius 2 is 2.50 bits per heavy atom. The Morgan fingerprint density at radius 3 is 2.70 bits per heavy atom. The van der Waals surface area contributed by atoms with E-state index >= 15 is 0 Å². The highest BCUT2D eigenvalue weighted by molar-refractivity contribution is 5.90. The molecule has 0 aromatic heterocycles. The second-order valence-electron chi connectivity index (χ2n) is 2.40. The summed E-state index contributed by atoms with van der Waals surface area (Å²) in [5, 5.41) is 2.29. The van der Waals surface area contributed by atoms with Gasteiger partial charge in [-0.05, 0) is 6.92 Å². The summed E-state index contributed by atoms with van der Waals surface area (Å²) in [6.45, 7) is 1.53. The van der Waals surface area contributed by atoms with Crippen molar-refractivity contribution in [3.05, 3.63) is 0 Å². The van der Waals surface area contributed by atoms with Crippen molar-refractivity contribution in [3.8, 4) is 0 Å². The minimum Gasteiger partial charge on any atom is -0.446 e. The third-order valence-corrected chi connectivity index (χ3v) is 1.41. The van der Waals surface area contributed by atoms with Gasteiger partial charge in [-0.1, -0.05) is 0 Å². The Hall–Kier alpha value is -1.26. The number of cyclic esters (lactones) is 1. The van der Waals surface area contributed by atoms with Crippen LogP contribution in [0.25, 0.3) is 0 Å². The van der Waals surface area contributed by atoms with Crippen LogP contribution in [-0.2, 0) is 9.53 Å². The van der Waals surface area contributed by atoms with Gasteiger partial charge in [0.1, 0.15) is 6.61 Å². The van der Waals surface area contributed by atoms with Crippen molar-refractivity contribution in [3.63, 3.8) is 0 Å². The fraction of sp³-hybridized carbons (Fsp3) is 0.600. The fourth-order valence-corrected chi connectivity index (χ4v) is 0.640. The van der Waals surface area contributed by atoms with E-state index in [1.807, 2.05) is 0 Å². The summed E-state index contributed by atoms with van der Waals surface area (Å²) < 4.78 is 4.48. The molecule has 2 amide bonds. The van der Waals surface area contributed by atoms with Crippen LogP contribution in [0.1, 0.15) is 6.92 Å². The van der Waals surface area contributed by atoms with E-state index in [1.54, 1.807) is 0 Å². The summed E-state index contributed by atoms with van der Waals surface area (Å²) in [6, 6.07) is 0. The van der Waals surface area contributed by atoms with Crippen molar-refractivity contribution in [1.29, 1.82) is 0 Å². The topological polar surface area (TPSA) is 81.4 Å². The normalized spacial score (nSPS) is 31.1. The number of hydrogen-bond acceptors (Lipinski definition) is 3. The molecule has 1 saturated heterocycles. The maximum absolute atomic E-state index is 10.6. The third-order valence-electron chi connectivity index (χ3n) is 1.41. The fourth-order valence-electron chi connectivity index (χ4n) is 0.640. The van der Waals surface area contributed by atoms with E-state index in [-0.39, 0.29) is 6.61 Å². The van der Waals surface area contributed by atoms with Gasteiger partial charge in [-0.15, -0.1) is 0 Å². The molecule has 1 rings (SSSR count). The van der Waals surface area contributed by atoms with Gasteiger partial charge in [0.05, 0.1) is 0 Å². The lowest BCUT2D eigenvalue weighted by atomic mass is 10.1. The summed E-state index contributed by atoms with van der Waals surface area (Å²) in [5.41, 5.74) is 3.94. The average molecular weight is 144 g/mol. The molecule has 0 radical (unpaired) electrons. The number of alkyl carbamates (subject to hydrolysis) is 1. The first kappa shape index (κ1) is 6.85. The van der Waals surface area contributed by atoms with Crippen LogP contribution in [0.5, 0.6) is 0 Å². The molecule has 1 atom stereocenters. The Balaban J connectivity index is 2.72. The highest BCUT2D eigenvalue weighted by Crippen LogP contribution is 2.10. The minimum atomic E-state index is -1.02. The van der Waals surface area contributed by atoms with E-state index in [2.05, 4.69) is 10.1 Å². The number of carbonyl (C=O) groups excluding carboxylic acids is 2. The molecule has 1 aliphatic rings. The molecule has 5 nitrogen and oxygen atoms in total. The average Bonchev–Trinajstić information content (AvgIpc) is 2.13. The predicted octanol–water partition coefficient (Wildman–Crippen LogP) is -1.03. The number of carbonyl (C=O) groups is 2. The van der Waals surface area contributed by atoms with E-state index < -0.39 is 17.5 Å². The molecular weight excluding hydrogens is 136 g/mol. The van der Waals surface area contributed by atoms with Gasteiger partial charge >= 0.3 is 6.09 Å². The third kappa shape index (κ3) is 0.896. The predicted molar refractivity (Wildman–Crippen MR) is 32.1 cm³/mol. The second-order valence-corrected chi connectivity index (χ2v) is 2.40. The van der Waals surface area contributed by atoms with Gasteiger partial charge < -0.3 is 15.8 Å². The van der Waals surface area contributed by atoms with Crippen LogP contribution in [0.4, 0.5) is 4.79 Å². The maximum Gasteiger partial charge on any atom is 0.408 e. The number of amides is 2. The van der Waals surface area contributed by atoms with Crippen molar-refractivity contribution in [2.75, 3.05) is 6.61 Å². The Morgan fingerprint density at radius 1 is 1.90 bits per heavy atom. The summed E-state index contributed by atoms with van der Waals surface area (Å²) in [4.78, 5) is 21.0. The molecule has 0 aliphatic carbocycles. The lowest BCUT2D eigenvalue weighted by Gasteiger charge is -2.14. The van der Waals surface area contributed by atoms with Crippen LogP contribution in [-0.4, -0.2) is 24.1 Å². The van der Waals surface area contributed by atoms with E-state index in [4.69, 9.17) is 5.73 Å². The highest BCUT2D eigenvalue weighted by Gasteiger charge is 2.40. The molecule has 1 heterocycles. The number of hydrogen-bond donors (Lipinski definition) is 2. The summed E-state index contributed by atoms with van der Waals surface area (Å²) in [7, 11) is 0. The summed E-state index contributed by atoms with van der Waals surface area (Å²) in [6.07, 6.45) is -0.596. The first-order valence-corrected chi connectivity index (χ1v) is 2.79. The van der Waals surface area contributed by atoms with E-state index in [0.717, 1.165) is 0 Å². The van der Waals surface area contributed by atoms with Crippen molar-refractivity contribution in [1.82, 2.24) is 5.32 Å². The Kier molecular flexibility index (Phi) is 1.28. The van der Waals surface area contributed by atoms with Gasteiger partial charge in [0.15, 0.2) is 5.54 Å². The molecule has 0 aromatic rings. The molecule has 1 fully saturated rings. The lowest BCUT2D eigenvalue weighted by Crippen LogP contribution is -2.51. The number of nitrogens with two attached hydrogens (primary N) is 1. The smallest absolute Gasteiger partial charge is 0.408 e. The van der Waals surface area contributed by atoms with E-state index in [9.17, 15) is 9.59 Å². The quantitative estimate of drug-likeness (QED) is 0.493. The molecule has 0 saturated carbocycles. The van der Waals surface area contributed by atoms with Gasteiger partial charge in [-0.2, -0.15) is 0 Å². The first-order valence-electron chi connectivity index (χ1n) is 2.79. The SMILES string of the molecule is CC1(C(N)=O)COC(=O)N1. The zero-order valence-electron chi connectivity index (χ0n) is 5.51. The van der Waals surface area contributed by atoms with Crippen LogP contribution in [0.3, 0.4) is 0 Å². The Labute approximate surface area is 57.5 Å². The Bertz CT molecular complexity index is 191. The van der Waals surface area contributed by atoms with Gasteiger partial charge in [0.25, 0.3) is 0 Å². The summed E-state index contributed by atoms with van der Waals surface area (Å²) in [5.74, 6) is -0.585. The van der Waals surface area contributed by atoms with Crippen LogP contribution in [0.15, 0.2) is 0 Å². The van der Waals surface area contributed by atoms with Crippen molar-refractivity contribution < 1.29 is 14.3 Å². The molecule has 1 unspecified atom stereocenters. The molecular formula is C5H8N2O3. The molecule has 0 aromatic carbocycles. The zero-order chi connectivity index (χ0) is 7.78.